The third-order valence-electron chi connectivity index (χ3n) is 4.75. The van der Waals surface area contributed by atoms with Crippen LogP contribution in [0.25, 0.3) is 10.2 Å². The molecule has 30 heavy (non-hydrogen) atoms. The lowest BCUT2D eigenvalue weighted by Gasteiger charge is -2.21. The van der Waals surface area contributed by atoms with Crippen molar-refractivity contribution < 1.29 is 4.79 Å². The van der Waals surface area contributed by atoms with E-state index in [9.17, 15) is 4.79 Å². The quantitative estimate of drug-likeness (QED) is 0.269. The first-order chi connectivity index (χ1) is 14.4. The molecule has 0 saturated heterocycles. The molecule has 0 aliphatic carbocycles. The molecule has 0 aliphatic heterocycles. The van der Waals surface area contributed by atoms with Crippen LogP contribution >= 0.6 is 34.7 Å². The number of rotatable bonds is 10. The Kier molecular flexibility index (Phi) is 8.57. The molecule has 2 aromatic carbocycles. The maximum absolute atomic E-state index is 13.1. The van der Waals surface area contributed by atoms with E-state index in [1.54, 1.807) is 23.1 Å². The fraction of sp³-hybridized carbons (Fsp3) is 0.391. The van der Waals surface area contributed by atoms with Gasteiger partial charge in [-0.3, -0.25) is 9.69 Å². The Balaban J connectivity index is 1.63. The van der Waals surface area contributed by atoms with E-state index < -0.39 is 0 Å². The largest absolute Gasteiger partial charge is 0.309 e. The van der Waals surface area contributed by atoms with Crippen LogP contribution in [0.3, 0.4) is 0 Å². The van der Waals surface area contributed by atoms with E-state index >= 15 is 0 Å². The molecular weight excluding hydrogens is 434 g/mol. The summed E-state index contributed by atoms with van der Waals surface area (Å²) in [6.07, 6.45) is 2.28. The molecule has 4 nitrogen and oxygen atoms in total. The number of fused-ring (bicyclic) bond motifs is 1. The van der Waals surface area contributed by atoms with Crippen LogP contribution in [0.4, 0.5) is 5.13 Å². The molecule has 0 saturated carbocycles. The number of hydrogen-bond donors (Lipinski definition) is 0. The topological polar surface area (TPSA) is 36.4 Å². The van der Waals surface area contributed by atoms with Crippen molar-refractivity contribution in [2.45, 2.75) is 31.1 Å². The molecular formula is C23H28ClN3OS2. The van der Waals surface area contributed by atoms with Gasteiger partial charge >= 0.3 is 0 Å². The molecule has 1 heterocycles. The molecule has 160 valence electrons. The molecule has 1 aromatic heterocycles. The van der Waals surface area contributed by atoms with Gasteiger partial charge in [-0.05, 0) is 82.1 Å². The number of benzene rings is 2. The van der Waals surface area contributed by atoms with Crippen LogP contribution in [0.2, 0.25) is 5.02 Å². The number of hydrogen-bond acceptors (Lipinski definition) is 5. The van der Waals surface area contributed by atoms with Crippen molar-refractivity contribution in [2.24, 2.45) is 0 Å². The lowest BCUT2D eigenvalue weighted by molar-refractivity contribution is -0.118. The predicted octanol–water partition coefficient (Wildman–Crippen LogP) is 6.12. The number of anilines is 1. The molecule has 0 unspecified atom stereocenters. The van der Waals surface area contributed by atoms with Crippen LogP contribution in [-0.4, -0.2) is 48.7 Å². The minimum Gasteiger partial charge on any atom is -0.309 e. The van der Waals surface area contributed by atoms with Crippen LogP contribution in [0, 0.1) is 6.92 Å². The van der Waals surface area contributed by atoms with E-state index in [0.717, 1.165) is 51.1 Å². The molecule has 0 N–H and O–H groups in total. The number of aryl methyl sites for hydroxylation is 1. The molecule has 7 heteroatoms. The summed E-state index contributed by atoms with van der Waals surface area (Å²) in [4.78, 5) is 23.1. The molecule has 0 aliphatic rings. The fourth-order valence-corrected chi connectivity index (χ4v) is 5.21. The Morgan fingerprint density at radius 2 is 1.87 bits per heavy atom. The van der Waals surface area contributed by atoms with E-state index in [4.69, 9.17) is 16.6 Å². The number of aromatic nitrogens is 1. The number of carbonyl (C=O) groups excluding carboxylic acids is 1. The second-order valence-electron chi connectivity index (χ2n) is 7.53. The van der Waals surface area contributed by atoms with Crippen LogP contribution in [-0.2, 0) is 4.79 Å². The van der Waals surface area contributed by atoms with Gasteiger partial charge in [0.2, 0.25) is 5.91 Å². The van der Waals surface area contributed by atoms with Crippen molar-refractivity contribution in [3.63, 3.8) is 0 Å². The van der Waals surface area contributed by atoms with Gasteiger partial charge in [-0.15, -0.1) is 11.8 Å². The van der Waals surface area contributed by atoms with E-state index in [-0.39, 0.29) is 5.91 Å². The maximum atomic E-state index is 13.1. The van der Waals surface area contributed by atoms with Crippen molar-refractivity contribution in [3.05, 3.63) is 53.1 Å². The van der Waals surface area contributed by atoms with Crippen LogP contribution in [0.15, 0.2) is 47.4 Å². The summed E-state index contributed by atoms with van der Waals surface area (Å²) >= 11 is 9.30. The highest BCUT2D eigenvalue weighted by Gasteiger charge is 2.19. The first kappa shape index (κ1) is 23.1. The minimum absolute atomic E-state index is 0.155. The zero-order valence-electron chi connectivity index (χ0n) is 17.7. The zero-order valence-corrected chi connectivity index (χ0v) is 20.1. The number of nitrogens with zero attached hydrogens (tertiary/aromatic N) is 3. The van der Waals surface area contributed by atoms with Gasteiger partial charge in [0.15, 0.2) is 5.13 Å². The highest BCUT2D eigenvalue weighted by molar-refractivity contribution is 7.99. The number of para-hydroxylation sites is 1. The van der Waals surface area contributed by atoms with E-state index in [1.165, 1.54) is 4.90 Å². The van der Waals surface area contributed by atoms with E-state index in [0.29, 0.717) is 13.0 Å². The van der Waals surface area contributed by atoms with Gasteiger partial charge in [0.25, 0.3) is 0 Å². The van der Waals surface area contributed by atoms with E-state index in [2.05, 4.69) is 38.1 Å². The molecule has 3 rings (SSSR count). The Morgan fingerprint density at radius 1 is 1.10 bits per heavy atom. The molecule has 3 aromatic rings. The third-order valence-corrected chi connectivity index (χ3v) is 7.14. The number of carbonyl (C=O) groups is 1. The fourth-order valence-electron chi connectivity index (χ4n) is 3.14. The molecule has 0 atom stereocenters. The lowest BCUT2D eigenvalue weighted by atomic mass is 10.2. The molecule has 0 radical (unpaired) electrons. The summed E-state index contributed by atoms with van der Waals surface area (Å²) < 4.78 is 1.13. The minimum atomic E-state index is 0.155. The second-order valence-corrected chi connectivity index (χ2v) is 10.1. The van der Waals surface area contributed by atoms with Crippen molar-refractivity contribution >= 4 is 56.0 Å². The number of thioether (sulfide) groups is 1. The SMILES string of the molecule is Cc1cccc2sc(N(CCCN(C)C)C(=O)CCCSc3ccc(Cl)cc3)nc12. The van der Waals surface area contributed by atoms with Crippen LogP contribution < -0.4 is 4.90 Å². The van der Waals surface area contributed by atoms with Gasteiger partial charge in [-0.25, -0.2) is 4.98 Å². The van der Waals surface area contributed by atoms with Gasteiger partial charge in [0.1, 0.15) is 0 Å². The summed E-state index contributed by atoms with van der Waals surface area (Å²) in [6, 6.07) is 14.0. The Bertz CT molecular complexity index is 972. The van der Waals surface area contributed by atoms with E-state index in [1.807, 2.05) is 35.2 Å². The van der Waals surface area contributed by atoms with Crippen molar-refractivity contribution in [1.82, 2.24) is 9.88 Å². The average molecular weight is 462 g/mol. The van der Waals surface area contributed by atoms with Gasteiger partial charge in [-0.1, -0.05) is 35.1 Å². The van der Waals surface area contributed by atoms with Gasteiger partial charge in [0.05, 0.1) is 10.2 Å². The number of thiazole rings is 1. The Labute approximate surface area is 192 Å². The summed E-state index contributed by atoms with van der Waals surface area (Å²) in [5.41, 5.74) is 2.15. The van der Waals surface area contributed by atoms with Crippen molar-refractivity contribution in [3.8, 4) is 0 Å². The zero-order chi connectivity index (χ0) is 21.5. The van der Waals surface area contributed by atoms with Crippen molar-refractivity contribution in [2.75, 3.05) is 37.8 Å². The predicted molar refractivity (Wildman–Crippen MR) is 131 cm³/mol. The first-order valence-electron chi connectivity index (χ1n) is 10.1. The van der Waals surface area contributed by atoms with Crippen LogP contribution in [0.5, 0.6) is 0 Å². The number of halogens is 1. The number of amides is 1. The smallest absolute Gasteiger partial charge is 0.228 e. The standard InChI is InChI=1S/C23H28ClN3OS2/c1-17-7-4-8-20-22(17)25-23(30-20)27(15-6-14-26(2)3)21(28)9-5-16-29-19-12-10-18(24)11-13-19/h4,7-8,10-13H,5-6,9,14-16H2,1-3H3. The second kappa shape index (κ2) is 11.1. The Morgan fingerprint density at radius 3 is 2.57 bits per heavy atom. The summed E-state index contributed by atoms with van der Waals surface area (Å²) in [6.45, 7) is 3.71. The normalized spacial score (nSPS) is 11.4. The molecule has 1 amide bonds. The van der Waals surface area contributed by atoms with Gasteiger partial charge < -0.3 is 4.90 Å². The van der Waals surface area contributed by atoms with Gasteiger partial charge in [0, 0.05) is 22.9 Å². The lowest BCUT2D eigenvalue weighted by Crippen LogP contribution is -2.33. The summed E-state index contributed by atoms with van der Waals surface area (Å²) in [5, 5.41) is 1.56. The summed E-state index contributed by atoms with van der Waals surface area (Å²) in [7, 11) is 4.11. The highest BCUT2D eigenvalue weighted by Crippen LogP contribution is 2.31. The monoisotopic (exact) mass is 461 g/mol. The molecule has 0 bridgehead atoms. The Hall–Kier alpha value is -1.60. The first-order valence-corrected chi connectivity index (χ1v) is 12.3. The highest BCUT2D eigenvalue weighted by atomic mass is 35.5. The van der Waals surface area contributed by atoms with Crippen molar-refractivity contribution in [1.29, 1.82) is 0 Å². The maximum Gasteiger partial charge on any atom is 0.228 e. The summed E-state index contributed by atoms with van der Waals surface area (Å²) in [5.74, 6) is 1.06. The van der Waals surface area contributed by atoms with Gasteiger partial charge in [-0.2, -0.15) is 0 Å². The average Bonchev–Trinajstić information content (AvgIpc) is 3.15. The third kappa shape index (κ3) is 6.45. The molecule has 0 spiro atoms. The van der Waals surface area contributed by atoms with Crippen LogP contribution in [0.1, 0.15) is 24.8 Å². The molecule has 0 fully saturated rings.